The number of carbonyl (C=O) groups excluding carboxylic acids is 3. The summed E-state index contributed by atoms with van der Waals surface area (Å²) in [7, 11) is 3.03. The third kappa shape index (κ3) is 3.58. The summed E-state index contributed by atoms with van der Waals surface area (Å²) in [4.78, 5) is 44.2. The van der Waals surface area contributed by atoms with Crippen LogP contribution in [0, 0.1) is 0 Å². The lowest BCUT2D eigenvalue weighted by Crippen LogP contribution is -2.69. The first-order chi connectivity index (χ1) is 17.0. The predicted octanol–water partition coefficient (Wildman–Crippen LogP) is 3.82. The molecule has 3 aromatic carbocycles. The Bertz CT molecular complexity index is 1310. The highest BCUT2D eigenvalue weighted by atomic mass is 16.5. The molecule has 1 atom stereocenters. The highest BCUT2D eigenvalue weighted by Gasteiger charge is 2.60. The molecule has 2 heterocycles. The van der Waals surface area contributed by atoms with Gasteiger partial charge in [0.2, 0.25) is 11.6 Å². The Morgan fingerprint density at radius 2 is 1.71 bits per heavy atom. The van der Waals surface area contributed by atoms with Gasteiger partial charge in [-0.15, -0.1) is 0 Å². The fourth-order valence-corrected chi connectivity index (χ4v) is 4.90. The number of rotatable bonds is 6. The van der Waals surface area contributed by atoms with Crippen molar-refractivity contribution in [3.05, 3.63) is 83.9 Å². The Balaban J connectivity index is 1.65. The number of para-hydroxylation sites is 1. The van der Waals surface area contributed by atoms with Gasteiger partial charge in [0.05, 0.1) is 31.2 Å². The van der Waals surface area contributed by atoms with Gasteiger partial charge in [-0.1, -0.05) is 42.5 Å². The molecule has 1 N–H and O–H groups in total. The van der Waals surface area contributed by atoms with Crippen molar-refractivity contribution in [1.82, 2.24) is 4.90 Å². The van der Waals surface area contributed by atoms with Crippen LogP contribution < -0.4 is 19.7 Å². The molecular weight excluding hydrogens is 446 g/mol. The fourth-order valence-electron chi connectivity index (χ4n) is 4.90. The average Bonchev–Trinajstić information content (AvgIpc) is 3.25. The molecule has 8 heteroatoms. The minimum absolute atomic E-state index is 0.134. The minimum atomic E-state index is -1.54. The summed E-state index contributed by atoms with van der Waals surface area (Å²) in [5.41, 5.74) is 0.534. The van der Waals surface area contributed by atoms with Gasteiger partial charge >= 0.3 is 0 Å². The van der Waals surface area contributed by atoms with E-state index in [0.29, 0.717) is 28.4 Å². The number of ether oxygens (including phenoxy) is 2. The van der Waals surface area contributed by atoms with Crippen molar-refractivity contribution in [2.45, 2.75) is 25.0 Å². The van der Waals surface area contributed by atoms with Gasteiger partial charge in [0.15, 0.2) is 0 Å². The Kier molecular flexibility index (Phi) is 5.64. The van der Waals surface area contributed by atoms with Crippen LogP contribution in [0.3, 0.4) is 0 Å². The topological polar surface area (TPSA) is 88.2 Å². The molecule has 1 fully saturated rings. The molecule has 0 bridgehead atoms. The predicted molar refractivity (Wildman–Crippen MR) is 130 cm³/mol. The van der Waals surface area contributed by atoms with Crippen molar-refractivity contribution in [2.24, 2.45) is 0 Å². The number of benzene rings is 3. The van der Waals surface area contributed by atoms with Crippen LogP contribution in [0.25, 0.3) is 0 Å². The van der Waals surface area contributed by atoms with Crippen molar-refractivity contribution in [3.63, 3.8) is 0 Å². The molecule has 2 aliphatic heterocycles. The van der Waals surface area contributed by atoms with Gasteiger partial charge in [0, 0.05) is 25.5 Å². The molecule has 0 radical (unpaired) electrons. The van der Waals surface area contributed by atoms with Gasteiger partial charge in [-0.3, -0.25) is 19.3 Å². The van der Waals surface area contributed by atoms with E-state index in [4.69, 9.17) is 9.47 Å². The summed E-state index contributed by atoms with van der Waals surface area (Å²) in [6.45, 7) is 0.167. The van der Waals surface area contributed by atoms with Gasteiger partial charge in [-0.05, 0) is 29.8 Å². The molecule has 35 heavy (non-hydrogen) atoms. The molecule has 0 saturated carbocycles. The molecule has 1 unspecified atom stereocenters. The van der Waals surface area contributed by atoms with Crippen molar-refractivity contribution in [2.75, 3.05) is 24.4 Å². The summed E-state index contributed by atoms with van der Waals surface area (Å²) in [5, 5.41) is 2.92. The molecule has 3 amide bonds. The summed E-state index contributed by atoms with van der Waals surface area (Å²) in [6, 6.07) is 21.4. The molecule has 178 valence electrons. The van der Waals surface area contributed by atoms with Crippen molar-refractivity contribution < 1.29 is 23.9 Å². The van der Waals surface area contributed by atoms with Gasteiger partial charge in [0.25, 0.3) is 11.8 Å². The van der Waals surface area contributed by atoms with Gasteiger partial charge in [0.1, 0.15) is 11.5 Å². The van der Waals surface area contributed by atoms with Crippen LogP contribution in [0.5, 0.6) is 11.5 Å². The van der Waals surface area contributed by atoms with E-state index in [9.17, 15) is 14.4 Å². The van der Waals surface area contributed by atoms with Crippen LogP contribution >= 0.6 is 0 Å². The zero-order chi connectivity index (χ0) is 24.6. The number of amides is 3. The number of carbonyl (C=O) groups is 3. The largest absolute Gasteiger partial charge is 0.497 e. The SMILES string of the molecule is COc1ccc(OC)c(NC(=O)C23CCC(=O)N2c2ccccc2C(=O)N3Cc2ccccc2)c1. The van der Waals surface area contributed by atoms with Crippen molar-refractivity contribution in [1.29, 1.82) is 0 Å². The Hall–Kier alpha value is -4.33. The number of hydrogen-bond acceptors (Lipinski definition) is 5. The number of anilines is 2. The first-order valence-corrected chi connectivity index (χ1v) is 11.3. The zero-order valence-corrected chi connectivity index (χ0v) is 19.5. The van der Waals surface area contributed by atoms with E-state index in [0.717, 1.165) is 5.56 Å². The van der Waals surface area contributed by atoms with Gasteiger partial charge in [-0.25, -0.2) is 0 Å². The smallest absolute Gasteiger partial charge is 0.271 e. The molecule has 1 saturated heterocycles. The van der Waals surface area contributed by atoms with E-state index in [2.05, 4.69) is 5.32 Å². The summed E-state index contributed by atoms with van der Waals surface area (Å²) < 4.78 is 10.7. The van der Waals surface area contributed by atoms with Crippen LogP contribution in [0.2, 0.25) is 0 Å². The molecule has 0 spiro atoms. The maximum atomic E-state index is 14.1. The lowest BCUT2D eigenvalue weighted by molar-refractivity contribution is -0.129. The Morgan fingerprint density at radius 3 is 2.46 bits per heavy atom. The molecular formula is C27H25N3O5. The fraction of sp³-hybridized carbons (Fsp3) is 0.222. The maximum Gasteiger partial charge on any atom is 0.271 e. The highest BCUT2D eigenvalue weighted by molar-refractivity contribution is 6.18. The maximum absolute atomic E-state index is 14.1. The molecule has 2 aliphatic rings. The molecule has 5 rings (SSSR count). The standard InChI is InChI=1S/C27H25N3O5/c1-34-19-12-13-23(35-2)21(16-19)28-26(33)27-15-14-24(31)30(27)22-11-7-6-10-20(22)25(32)29(27)17-18-8-4-3-5-9-18/h3-13,16H,14-15,17H2,1-2H3,(H,28,33). The van der Waals surface area contributed by atoms with E-state index < -0.39 is 11.6 Å². The lowest BCUT2D eigenvalue weighted by atomic mass is 9.94. The lowest BCUT2D eigenvalue weighted by Gasteiger charge is -2.49. The molecule has 8 nitrogen and oxygen atoms in total. The number of nitrogens with one attached hydrogen (secondary N) is 1. The van der Waals surface area contributed by atoms with E-state index in [1.54, 1.807) is 42.5 Å². The second-order valence-corrected chi connectivity index (χ2v) is 8.46. The summed E-state index contributed by atoms with van der Waals surface area (Å²) in [5.74, 6) is -0.0413. The van der Waals surface area contributed by atoms with Crippen LogP contribution in [0.1, 0.15) is 28.8 Å². The quantitative estimate of drug-likeness (QED) is 0.591. The molecule has 0 aromatic heterocycles. The number of fused-ring (bicyclic) bond motifs is 3. The van der Waals surface area contributed by atoms with Gasteiger partial charge in [-0.2, -0.15) is 0 Å². The number of nitrogens with zero attached hydrogens (tertiary/aromatic N) is 2. The van der Waals surface area contributed by atoms with E-state index >= 15 is 0 Å². The average molecular weight is 472 g/mol. The van der Waals surface area contributed by atoms with E-state index in [-0.39, 0.29) is 31.2 Å². The Labute approximate surface area is 203 Å². The van der Waals surface area contributed by atoms with Crippen LogP contribution in [0.4, 0.5) is 11.4 Å². The minimum Gasteiger partial charge on any atom is -0.497 e. The first kappa shape index (κ1) is 22.5. The molecule has 3 aromatic rings. The highest BCUT2D eigenvalue weighted by Crippen LogP contribution is 2.46. The second kappa shape index (κ2) is 8.79. The summed E-state index contributed by atoms with van der Waals surface area (Å²) >= 11 is 0. The number of hydrogen-bond donors (Lipinski definition) is 1. The zero-order valence-electron chi connectivity index (χ0n) is 19.5. The Morgan fingerprint density at radius 1 is 0.971 bits per heavy atom. The van der Waals surface area contributed by atoms with Gasteiger partial charge < -0.3 is 19.7 Å². The molecule has 0 aliphatic carbocycles. The van der Waals surface area contributed by atoms with Crippen molar-refractivity contribution in [3.8, 4) is 11.5 Å². The number of methoxy groups -OCH3 is 2. The first-order valence-electron chi connectivity index (χ1n) is 11.3. The normalized spacial score (nSPS) is 18.7. The van der Waals surface area contributed by atoms with E-state index in [1.807, 2.05) is 30.3 Å². The third-order valence-corrected chi connectivity index (χ3v) is 6.58. The third-order valence-electron chi connectivity index (χ3n) is 6.58. The summed E-state index contributed by atoms with van der Waals surface area (Å²) in [6.07, 6.45) is 0.298. The van der Waals surface area contributed by atoms with Crippen LogP contribution in [0.15, 0.2) is 72.8 Å². The van der Waals surface area contributed by atoms with Crippen LogP contribution in [-0.4, -0.2) is 42.5 Å². The van der Waals surface area contributed by atoms with Crippen molar-refractivity contribution >= 4 is 29.1 Å². The monoisotopic (exact) mass is 471 g/mol. The van der Waals surface area contributed by atoms with E-state index in [1.165, 1.54) is 24.0 Å². The van der Waals surface area contributed by atoms with Crippen LogP contribution in [-0.2, 0) is 16.1 Å². The second-order valence-electron chi connectivity index (χ2n) is 8.46.